The van der Waals surface area contributed by atoms with E-state index in [4.69, 9.17) is 31.9 Å². The molecule has 0 aliphatic rings. The Kier molecular flexibility index (Phi) is 6.10. The van der Waals surface area contributed by atoms with E-state index in [1.54, 1.807) is 13.2 Å². The third kappa shape index (κ3) is 3.55. The third-order valence-electron chi connectivity index (χ3n) is 3.16. The molecule has 0 aliphatic heterocycles. The highest BCUT2D eigenvalue weighted by Gasteiger charge is 2.21. The van der Waals surface area contributed by atoms with Crippen LogP contribution in [0.5, 0.6) is 11.5 Å². The summed E-state index contributed by atoms with van der Waals surface area (Å²) >= 11 is 6.17. The van der Waals surface area contributed by atoms with Gasteiger partial charge in [0.1, 0.15) is 0 Å². The van der Waals surface area contributed by atoms with Crippen LogP contribution in [0.15, 0.2) is 6.07 Å². The summed E-state index contributed by atoms with van der Waals surface area (Å²) in [7, 11) is 3.06. The molecule has 112 valence electrons. The van der Waals surface area contributed by atoms with Crippen LogP contribution in [0.1, 0.15) is 36.9 Å². The Morgan fingerprint density at radius 2 is 2.00 bits per heavy atom. The summed E-state index contributed by atoms with van der Waals surface area (Å²) < 4.78 is 10.6. The minimum atomic E-state index is -0.870. The molecule has 0 aliphatic carbocycles. The van der Waals surface area contributed by atoms with Crippen LogP contribution in [-0.4, -0.2) is 25.3 Å². The molecule has 3 N–H and O–H groups in total. The SMILES string of the molecule is CCc1c(C(N)CCC(=O)O)cc(Cl)c(OC)c1OC. The average Bonchev–Trinajstić information content (AvgIpc) is 2.43. The fraction of sp³-hybridized carbons (Fsp3) is 0.500. The number of aliphatic carboxylic acids is 1. The van der Waals surface area contributed by atoms with E-state index in [0.29, 0.717) is 29.4 Å². The number of methoxy groups -OCH3 is 2. The van der Waals surface area contributed by atoms with Crippen molar-refractivity contribution in [2.24, 2.45) is 5.73 Å². The Morgan fingerprint density at radius 3 is 2.45 bits per heavy atom. The van der Waals surface area contributed by atoms with Crippen molar-refractivity contribution in [3.63, 3.8) is 0 Å². The smallest absolute Gasteiger partial charge is 0.303 e. The summed E-state index contributed by atoms with van der Waals surface area (Å²) in [5.41, 5.74) is 7.78. The topological polar surface area (TPSA) is 81.8 Å². The van der Waals surface area contributed by atoms with Gasteiger partial charge in [0.25, 0.3) is 0 Å². The molecule has 1 unspecified atom stereocenters. The Bertz CT molecular complexity index is 491. The summed E-state index contributed by atoms with van der Waals surface area (Å²) in [5.74, 6) is 0.161. The van der Waals surface area contributed by atoms with Gasteiger partial charge in [-0.25, -0.2) is 0 Å². The molecule has 6 heteroatoms. The van der Waals surface area contributed by atoms with Crippen LogP contribution in [0.3, 0.4) is 0 Å². The van der Waals surface area contributed by atoms with Crippen LogP contribution in [0.2, 0.25) is 5.02 Å². The van der Waals surface area contributed by atoms with E-state index in [1.807, 2.05) is 6.92 Å². The maximum Gasteiger partial charge on any atom is 0.303 e. The minimum Gasteiger partial charge on any atom is -0.493 e. The summed E-state index contributed by atoms with van der Waals surface area (Å²) in [6, 6.07) is 1.33. The maximum atomic E-state index is 10.7. The molecular weight excluding hydrogens is 282 g/mol. The van der Waals surface area contributed by atoms with Gasteiger partial charge in [-0.05, 0) is 24.5 Å². The Labute approximate surface area is 123 Å². The predicted molar refractivity (Wildman–Crippen MR) is 77.7 cm³/mol. The molecule has 0 heterocycles. The summed E-state index contributed by atoms with van der Waals surface area (Å²) in [5, 5.41) is 9.15. The molecule has 1 rings (SSSR count). The first-order chi connectivity index (χ1) is 9.46. The Balaban J connectivity index is 3.25. The van der Waals surface area contributed by atoms with E-state index in [1.165, 1.54) is 7.11 Å². The van der Waals surface area contributed by atoms with E-state index in [-0.39, 0.29) is 6.42 Å². The van der Waals surface area contributed by atoms with E-state index in [9.17, 15) is 4.79 Å². The zero-order chi connectivity index (χ0) is 15.3. The van der Waals surface area contributed by atoms with E-state index < -0.39 is 12.0 Å². The molecule has 0 aromatic heterocycles. The van der Waals surface area contributed by atoms with Gasteiger partial charge in [-0.2, -0.15) is 0 Å². The standard InChI is InChI=1S/C14H20ClNO4/c1-4-8-9(11(16)5-6-12(17)18)7-10(15)14(20-3)13(8)19-2/h7,11H,4-6,16H2,1-3H3,(H,17,18). The van der Waals surface area contributed by atoms with Gasteiger partial charge in [0.15, 0.2) is 11.5 Å². The molecule has 0 fully saturated rings. The van der Waals surface area contributed by atoms with Crippen molar-refractivity contribution >= 4 is 17.6 Å². The van der Waals surface area contributed by atoms with E-state index in [0.717, 1.165) is 11.1 Å². The number of carboxylic acids is 1. The zero-order valence-electron chi connectivity index (χ0n) is 11.9. The van der Waals surface area contributed by atoms with Crippen molar-refractivity contribution in [1.29, 1.82) is 0 Å². The zero-order valence-corrected chi connectivity index (χ0v) is 12.7. The molecule has 1 atom stereocenters. The first-order valence-corrected chi connectivity index (χ1v) is 6.74. The average molecular weight is 302 g/mol. The minimum absolute atomic E-state index is 0.0102. The van der Waals surface area contributed by atoms with Gasteiger partial charge < -0.3 is 20.3 Å². The molecule has 0 bridgehead atoms. The van der Waals surface area contributed by atoms with Crippen molar-refractivity contribution in [2.75, 3.05) is 14.2 Å². The fourth-order valence-electron chi connectivity index (χ4n) is 2.20. The van der Waals surface area contributed by atoms with Gasteiger partial charge in [-0.3, -0.25) is 4.79 Å². The fourth-order valence-corrected chi connectivity index (χ4v) is 2.48. The number of ether oxygens (including phenoxy) is 2. The van der Waals surface area contributed by atoms with Crippen LogP contribution < -0.4 is 15.2 Å². The summed E-state index contributed by atoms with van der Waals surface area (Å²) in [6.07, 6.45) is 1.04. The molecule has 0 saturated carbocycles. The molecule has 1 aromatic carbocycles. The monoisotopic (exact) mass is 301 g/mol. The van der Waals surface area contributed by atoms with E-state index >= 15 is 0 Å². The van der Waals surface area contributed by atoms with Crippen LogP contribution in [0.4, 0.5) is 0 Å². The number of nitrogens with two attached hydrogens (primary N) is 1. The normalized spacial score (nSPS) is 12.1. The highest BCUT2D eigenvalue weighted by atomic mass is 35.5. The lowest BCUT2D eigenvalue weighted by atomic mass is 9.94. The van der Waals surface area contributed by atoms with Gasteiger partial charge in [-0.15, -0.1) is 0 Å². The highest BCUT2D eigenvalue weighted by Crippen LogP contribution is 2.42. The van der Waals surface area contributed by atoms with Gasteiger partial charge in [0.2, 0.25) is 0 Å². The lowest BCUT2D eigenvalue weighted by Gasteiger charge is -2.21. The van der Waals surface area contributed by atoms with Gasteiger partial charge >= 0.3 is 5.97 Å². The number of hydrogen-bond acceptors (Lipinski definition) is 4. The second-order valence-corrected chi connectivity index (χ2v) is 4.79. The molecule has 1 aromatic rings. The molecule has 0 radical (unpaired) electrons. The Hall–Kier alpha value is -1.46. The van der Waals surface area contributed by atoms with Crippen molar-refractivity contribution in [3.8, 4) is 11.5 Å². The molecule has 5 nitrogen and oxygen atoms in total. The van der Waals surface area contributed by atoms with E-state index in [2.05, 4.69) is 0 Å². The largest absolute Gasteiger partial charge is 0.493 e. The number of halogens is 1. The maximum absolute atomic E-state index is 10.7. The van der Waals surface area contributed by atoms with Crippen LogP contribution in [-0.2, 0) is 11.2 Å². The van der Waals surface area contributed by atoms with Crippen LogP contribution in [0.25, 0.3) is 0 Å². The first kappa shape index (κ1) is 16.6. The quantitative estimate of drug-likeness (QED) is 0.809. The van der Waals surface area contributed by atoms with Gasteiger partial charge in [-0.1, -0.05) is 18.5 Å². The van der Waals surface area contributed by atoms with Crippen molar-refractivity contribution < 1.29 is 19.4 Å². The number of rotatable bonds is 7. The lowest BCUT2D eigenvalue weighted by Crippen LogP contribution is -2.15. The number of benzene rings is 1. The third-order valence-corrected chi connectivity index (χ3v) is 3.44. The first-order valence-electron chi connectivity index (χ1n) is 6.36. The number of carboxylic acid groups (broad SMARTS) is 1. The summed E-state index contributed by atoms with van der Waals surface area (Å²) in [4.78, 5) is 10.7. The number of hydrogen-bond donors (Lipinski definition) is 2. The number of carbonyl (C=O) groups is 1. The second kappa shape index (κ2) is 7.36. The van der Waals surface area contributed by atoms with Crippen molar-refractivity contribution in [1.82, 2.24) is 0 Å². The molecule has 0 amide bonds. The van der Waals surface area contributed by atoms with Crippen molar-refractivity contribution in [2.45, 2.75) is 32.2 Å². The van der Waals surface area contributed by atoms with Gasteiger partial charge in [0, 0.05) is 18.0 Å². The van der Waals surface area contributed by atoms with Gasteiger partial charge in [0.05, 0.1) is 19.2 Å². The van der Waals surface area contributed by atoms with Crippen LogP contribution in [0, 0.1) is 0 Å². The molecular formula is C14H20ClNO4. The van der Waals surface area contributed by atoms with Crippen molar-refractivity contribution in [3.05, 3.63) is 22.2 Å². The van der Waals surface area contributed by atoms with Crippen LogP contribution >= 0.6 is 11.6 Å². The second-order valence-electron chi connectivity index (χ2n) is 4.39. The Morgan fingerprint density at radius 1 is 1.40 bits per heavy atom. The molecule has 0 saturated heterocycles. The lowest BCUT2D eigenvalue weighted by molar-refractivity contribution is -0.137. The molecule has 20 heavy (non-hydrogen) atoms. The predicted octanol–water partition coefficient (Wildman–Crippen LogP) is 2.78. The highest BCUT2D eigenvalue weighted by molar-refractivity contribution is 6.32. The molecule has 0 spiro atoms. The summed E-state index contributed by atoms with van der Waals surface area (Å²) in [6.45, 7) is 1.97.